The van der Waals surface area contributed by atoms with Crippen LogP contribution in [0.4, 0.5) is 0 Å². The Balaban J connectivity index is 1.81. The van der Waals surface area contributed by atoms with Crippen molar-refractivity contribution in [1.29, 1.82) is 0 Å². The van der Waals surface area contributed by atoms with Gasteiger partial charge in [-0.25, -0.2) is 13.1 Å². The zero-order valence-electron chi connectivity index (χ0n) is 11.2. The number of nitrogens with one attached hydrogen (secondary N) is 1. The minimum Gasteiger partial charge on any atom is -0.351 e. The van der Waals surface area contributed by atoms with Crippen LogP contribution >= 0.6 is 0 Å². The second-order valence-electron chi connectivity index (χ2n) is 4.97. The van der Waals surface area contributed by atoms with Gasteiger partial charge in [0.2, 0.25) is 5.91 Å². The van der Waals surface area contributed by atoms with Crippen molar-refractivity contribution in [2.75, 3.05) is 18.1 Å². The van der Waals surface area contributed by atoms with Crippen molar-refractivity contribution in [2.45, 2.75) is 31.8 Å². The van der Waals surface area contributed by atoms with Crippen LogP contribution in [0.5, 0.6) is 0 Å². The van der Waals surface area contributed by atoms with E-state index in [0.29, 0.717) is 13.0 Å². The zero-order valence-corrected chi connectivity index (χ0v) is 12.0. The minimum atomic E-state index is -2.98. The van der Waals surface area contributed by atoms with E-state index in [4.69, 9.17) is 5.73 Å². The van der Waals surface area contributed by atoms with E-state index in [1.807, 2.05) is 0 Å². The molecule has 1 fully saturated rings. The Labute approximate surface area is 117 Å². The topological polar surface area (TPSA) is 120 Å². The number of rotatable bonds is 6. The van der Waals surface area contributed by atoms with Crippen LogP contribution in [-0.2, 0) is 27.6 Å². The standard InChI is InChI=1S/C11H19N5O3S/c12-4-1-2-9-6-16(15-14-9)7-11(17)13-10-3-5-20(18,19)8-10/h6,10H,1-5,7-8,12H2,(H,13,17). The van der Waals surface area contributed by atoms with Crippen molar-refractivity contribution in [2.24, 2.45) is 5.73 Å². The number of nitrogens with zero attached hydrogens (tertiary/aromatic N) is 3. The number of hydrogen-bond donors (Lipinski definition) is 2. The summed E-state index contributed by atoms with van der Waals surface area (Å²) in [6, 6.07) is -0.285. The molecule has 1 amide bonds. The molecular weight excluding hydrogens is 282 g/mol. The summed E-state index contributed by atoms with van der Waals surface area (Å²) in [6.45, 7) is 0.635. The molecule has 20 heavy (non-hydrogen) atoms. The second kappa shape index (κ2) is 6.31. The molecule has 112 valence electrons. The molecule has 1 aromatic heterocycles. The smallest absolute Gasteiger partial charge is 0.242 e. The first-order chi connectivity index (χ1) is 9.48. The highest BCUT2D eigenvalue weighted by atomic mass is 32.2. The van der Waals surface area contributed by atoms with E-state index in [2.05, 4.69) is 15.6 Å². The lowest BCUT2D eigenvalue weighted by atomic mass is 10.2. The number of carbonyl (C=O) groups is 1. The molecule has 2 rings (SSSR count). The van der Waals surface area contributed by atoms with Gasteiger partial charge in [0.25, 0.3) is 0 Å². The lowest BCUT2D eigenvalue weighted by Gasteiger charge is -2.10. The monoisotopic (exact) mass is 301 g/mol. The van der Waals surface area contributed by atoms with Crippen LogP contribution in [0, 0.1) is 0 Å². The van der Waals surface area contributed by atoms with Crippen molar-refractivity contribution in [3.8, 4) is 0 Å². The summed E-state index contributed by atoms with van der Waals surface area (Å²) in [7, 11) is -2.98. The molecule has 0 saturated carbocycles. The third-order valence-electron chi connectivity index (χ3n) is 3.13. The largest absolute Gasteiger partial charge is 0.351 e. The first kappa shape index (κ1) is 14.9. The lowest BCUT2D eigenvalue weighted by Crippen LogP contribution is -2.37. The molecule has 0 aromatic carbocycles. The van der Waals surface area contributed by atoms with Gasteiger partial charge in [0.05, 0.1) is 17.2 Å². The van der Waals surface area contributed by atoms with Crippen LogP contribution in [-0.4, -0.2) is 53.4 Å². The normalized spacial score (nSPS) is 20.9. The van der Waals surface area contributed by atoms with Crippen LogP contribution in [0.1, 0.15) is 18.5 Å². The Morgan fingerprint density at radius 3 is 3.00 bits per heavy atom. The van der Waals surface area contributed by atoms with Gasteiger partial charge in [0, 0.05) is 12.2 Å². The third-order valence-corrected chi connectivity index (χ3v) is 4.89. The molecular formula is C11H19N5O3S. The fourth-order valence-corrected chi connectivity index (χ4v) is 3.82. The molecule has 8 nitrogen and oxygen atoms in total. The van der Waals surface area contributed by atoms with Gasteiger partial charge in [0.15, 0.2) is 9.84 Å². The summed E-state index contributed by atoms with van der Waals surface area (Å²) in [4.78, 5) is 11.8. The molecule has 0 aliphatic carbocycles. The zero-order chi connectivity index (χ0) is 14.6. The molecule has 0 radical (unpaired) electrons. The van der Waals surface area contributed by atoms with Crippen molar-refractivity contribution >= 4 is 15.7 Å². The average molecular weight is 301 g/mol. The molecule has 0 spiro atoms. The Hall–Kier alpha value is -1.48. The van der Waals surface area contributed by atoms with E-state index in [1.165, 1.54) is 4.68 Å². The van der Waals surface area contributed by atoms with Crippen LogP contribution in [0.15, 0.2) is 6.20 Å². The highest BCUT2D eigenvalue weighted by Gasteiger charge is 2.28. The van der Waals surface area contributed by atoms with Gasteiger partial charge in [-0.1, -0.05) is 5.21 Å². The minimum absolute atomic E-state index is 0.0256. The summed E-state index contributed by atoms with van der Waals surface area (Å²) in [5, 5.41) is 10.5. The molecule has 1 saturated heterocycles. The predicted molar refractivity (Wildman–Crippen MR) is 72.6 cm³/mol. The maximum absolute atomic E-state index is 11.8. The first-order valence-electron chi connectivity index (χ1n) is 6.57. The number of sulfone groups is 1. The van der Waals surface area contributed by atoms with Gasteiger partial charge in [-0.15, -0.1) is 5.10 Å². The maximum atomic E-state index is 11.8. The van der Waals surface area contributed by atoms with Gasteiger partial charge in [-0.3, -0.25) is 4.79 Å². The molecule has 9 heteroatoms. The highest BCUT2D eigenvalue weighted by molar-refractivity contribution is 7.91. The van der Waals surface area contributed by atoms with Crippen molar-refractivity contribution in [3.63, 3.8) is 0 Å². The van der Waals surface area contributed by atoms with Crippen LogP contribution in [0.25, 0.3) is 0 Å². The van der Waals surface area contributed by atoms with Crippen molar-refractivity contribution < 1.29 is 13.2 Å². The van der Waals surface area contributed by atoms with E-state index in [-0.39, 0.29) is 30.0 Å². The Kier molecular flexibility index (Phi) is 4.71. The quantitative estimate of drug-likeness (QED) is 0.658. The van der Waals surface area contributed by atoms with E-state index < -0.39 is 9.84 Å². The summed E-state index contributed by atoms with van der Waals surface area (Å²) < 4.78 is 24.0. The Morgan fingerprint density at radius 1 is 1.55 bits per heavy atom. The predicted octanol–water partition coefficient (Wildman–Crippen LogP) is -1.53. The molecule has 1 aromatic rings. The van der Waals surface area contributed by atoms with Gasteiger partial charge in [0.1, 0.15) is 6.54 Å². The van der Waals surface area contributed by atoms with Gasteiger partial charge in [-0.2, -0.15) is 0 Å². The summed E-state index contributed by atoms with van der Waals surface area (Å²) in [6.07, 6.45) is 3.75. The van der Waals surface area contributed by atoms with Crippen molar-refractivity contribution in [3.05, 3.63) is 11.9 Å². The molecule has 1 unspecified atom stereocenters. The van der Waals surface area contributed by atoms with E-state index in [9.17, 15) is 13.2 Å². The lowest BCUT2D eigenvalue weighted by molar-refractivity contribution is -0.122. The Bertz CT molecular complexity index is 568. The second-order valence-corrected chi connectivity index (χ2v) is 7.20. The SMILES string of the molecule is NCCCc1cn(CC(=O)NC2CCS(=O)(=O)C2)nn1. The van der Waals surface area contributed by atoms with E-state index >= 15 is 0 Å². The molecule has 3 N–H and O–H groups in total. The number of amides is 1. The molecule has 1 atom stereocenters. The number of aromatic nitrogens is 3. The third kappa shape index (κ3) is 4.27. The maximum Gasteiger partial charge on any atom is 0.242 e. The summed E-state index contributed by atoms with van der Waals surface area (Å²) in [5.74, 6) is -0.0788. The summed E-state index contributed by atoms with van der Waals surface area (Å²) in [5.41, 5.74) is 6.21. The molecule has 1 aliphatic heterocycles. The fraction of sp³-hybridized carbons (Fsp3) is 0.727. The number of carbonyl (C=O) groups excluding carboxylic acids is 1. The van der Waals surface area contributed by atoms with Gasteiger partial charge in [-0.05, 0) is 25.8 Å². The highest BCUT2D eigenvalue weighted by Crippen LogP contribution is 2.11. The number of nitrogens with two attached hydrogens (primary N) is 1. The molecule has 2 heterocycles. The van der Waals surface area contributed by atoms with E-state index in [1.54, 1.807) is 6.20 Å². The Morgan fingerprint density at radius 2 is 2.35 bits per heavy atom. The van der Waals surface area contributed by atoms with Crippen LogP contribution in [0.3, 0.4) is 0 Å². The number of hydrogen-bond acceptors (Lipinski definition) is 6. The van der Waals surface area contributed by atoms with Gasteiger partial charge >= 0.3 is 0 Å². The fourth-order valence-electron chi connectivity index (χ4n) is 2.14. The van der Waals surface area contributed by atoms with E-state index in [0.717, 1.165) is 18.5 Å². The molecule has 1 aliphatic rings. The number of aryl methyl sites for hydroxylation is 1. The summed E-state index contributed by atoms with van der Waals surface area (Å²) >= 11 is 0. The average Bonchev–Trinajstić information content (AvgIpc) is 2.93. The van der Waals surface area contributed by atoms with Crippen LogP contribution < -0.4 is 11.1 Å². The van der Waals surface area contributed by atoms with Crippen LogP contribution in [0.2, 0.25) is 0 Å². The van der Waals surface area contributed by atoms with Gasteiger partial charge < -0.3 is 11.1 Å². The first-order valence-corrected chi connectivity index (χ1v) is 8.39. The molecule has 0 bridgehead atoms. The van der Waals surface area contributed by atoms with Crippen molar-refractivity contribution in [1.82, 2.24) is 20.3 Å².